The summed E-state index contributed by atoms with van der Waals surface area (Å²) in [7, 11) is -9.90. The minimum Gasteiger partial charge on any atom is -0.462 e. The van der Waals surface area contributed by atoms with Crippen LogP contribution in [0.4, 0.5) is 0 Å². The Morgan fingerprint density at radius 3 is 0.789 bits per heavy atom. The Morgan fingerprint density at radius 1 is 0.311 bits per heavy atom. The van der Waals surface area contributed by atoms with Gasteiger partial charge in [-0.1, -0.05) is 299 Å². The first-order valence-corrected chi connectivity index (χ1v) is 39.7. The van der Waals surface area contributed by atoms with Gasteiger partial charge < -0.3 is 33.8 Å². The number of carbonyl (C=O) groups is 4. The zero-order valence-corrected chi connectivity index (χ0v) is 60.6. The standard InChI is InChI=1S/C71H138O17P2/c1-9-64(8)50-42-34-26-16-13-14-18-29-37-45-53-70(75)87-66(58-82-69(74)52-44-36-28-21-19-24-32-40-48-62(4)5)59-85-89(77,78)83-55-65(72)56-84-90(79,80)86-60-67(88-71(76)54-46-38-30-22-20-25-33-41-49-63(6)7)57-81-68(73)51-43-35-27-17-12-10-11-15-23-31-39-47-61(2)3/h61-67,72H,9-60H2,1-8H3,(H,77,78)(H,79,80)/t64?,65?,66-,67-/m1/s1. The Bertz CT molecular complexity index is 1780. The van der Waals surface area contributed by atoms with E-state index in [0.29, 0.717) is 25.7 Å². The molecule has 0 saturated carbocycles. The predicted octanol–water partition coefficient (Wildman–Crippen LogP) is 20.1. The number of hydrogen-bond donors (Lipinski definition) is 3. The molecule has 0 fully saturated rings. The minimum absolute atomic E-state index is 0.104. The van der Waals surface area contributed by atoms with E-state index in [9.17, 15) is 43.2 Å². The van der Waals surface area contributed by atoms with Crippen molar-refractivity contribution in [2.75, 3.05) is 39.6 Å². The monoisotopic (exact) mass is 1320 g/mol. The molecule has 0 aliphatic rings. The number of carbonyl (C=O) groups excluding carboxylic acids is 4. The molecule has 19 heteroatoms. The maximum atomic E-state index is 13.0. The van der Waals surface area contributed by atoms with Gasteiger partial charge in [0.2, 0.25) is 0 Å². The molecule has 0 aromatic heterocycles. The molecule has 0 heterocycles. The van der Waals surface area contributed by atoms with Gasteiger partial charge in [0.15, 0.2) is 12.2 Å². The highest BCUT2D eigenvalue weighted by atomic mass is 31.2. The molecule has 4 unspecified atom stereocenters. The first kappa shape index (κ1) is 88.1. The number of hydrogen-bond acceptors (Lipinski definition) is 15. The second-order valence-corrected chi connectivity index (χ2v) is 30.2. The van der Waals surface area contributed by atoms with Crippen LogP contribution in [-0.2, 0) is 65.4 Å². The molecule has 0 aromatic carbocycles. The summed E-state index contributed by atoms with van der Waals surface area (Å²) in [4.78, 5) is 72.6. The Kier molecular flexibility index (Phi) is 59.4. The Labute approximate surface area is 549 Å². The summed E-state index contributed by atoms with van der Waals surface area (Å²) < 4.78 is 68.3. The summed E-state index contributed by atoms with van der Waals surface area (Å²) in [6.45, 7) is 14.1. The van der Waals surface area contributed by atoms with E-state index in [1.165, 1.54) is 154 Å². The normalized spacial score (nSPS) is 14.6. The maximum absolute atomic E-state index is 13.0. The lowest BCUT2D eigenvalue weighted by molar-refractivity contribution is -0.161. The molecule has 534 valence electrons. The average Bonchev–Trinajstić information content (AvgIpc) is 3.69. The van der Waals surface area contributed by atoms with E-state index in [0.717, 1.165) is 114 Å². The van der Waals surface area contributed by atoms with Crippen molar-refractivity contribution in [3.8, 4) is 0 Å². The zero-order chi connectivity index (χ0) is 66.8. The first-order valence-electron chi connectivity index (χ1n) is 36.7. The molecular formula is C71H138O17P2. The van der Waals surface area contributed by atoms with Crippen LogP contribution in [0, 0.1) is 23.7 Å². The Balaban J connectivity index is 5.26. The highest BCUT2D eigenvalue weighted by molar-refractivity contribution is 7.47. The van der Waals surface area contributed by atoms with E-state index in [1.54, 1.807) is 0 Å². The van der Waals surface area contributed by atoms with Gasteiger partial charge in [-0.25, -0.2) is 9.13 Å². The molecule has 90 heavy (non-hydrogen) atoms. The van der Waals surface area contributed by atoms with Gasteiger partial charge >= 0.3 is 39.5 Å². The fourth-order valence-corrected chi connectivity index (χ4v) is 12.2. The number of phosphoric ester groups is 2. The van der Waals surface area contributed by atoms with E-state index in [4.69, 9.17) is 37.0 Å². The molecule has 0 aliphatic heterocycles. The van der Waals surface area contributed by atoms with Gasteiger partial charge in [-0.2, -0.15) is 0 Å². The number of aliphatic hydroxyl groups excluding tert-OH is 1. The smallest absolute Gasteiger partial charge is 0.462 e. The third-order valence-corrected chi connectivity index (χ3v) is 18.6. The van der Waals surface area contributed by atoms with Crippen LogP contribution in [0.2, 0.25) is 0 Å². The van der Waals surface area contributed by atoms with E-state index < -0.39 is 97.5 Å². The SMILES string of the molecule is CCC(C)CCCCCCCCCCCCC(=O)O[C@H](COC(=O)CCCCCCCCCCC(C)C)COP(=O)(O)OCC(O)COP(=O)(O)OC[C@@H](COC(=O)CCCCCCCCCCCCCC(C)C)OC(=O)CCCCCCCCCCC(C)C. The van der Waals surface area contributed by atoms with Crippen LogP contribution in [0.1, 0.15) is 351 Å². The molecule has 0 bridgehead atoms. The molecular weight excluding hydrogens is 1190 g/mol. The van der Waals surface area contributed by atoms with Gasteiger partial charge in [-0.3, -0.25) is 37.3 Å². The van der Waals surface area contributed by atoms with Crippen molar-refractivity contribution in [1.82, 2.24) is 0 Å². The maximum Gasteiger partial charge on any atom is 0.472 e. The first-order chi connectivity index (χ1) is 43.1. The van der Waals surface area contributed by atoms with Crippen LogP contribution >= 0.6 is 15.6 Å². The van der Waals surface area contributed by atoms with E-state index in [2.05, 4.69) is 55.4 Å². The lowest BCUT2D eigenvalue weighted by atomic mass is 9.99. The van der Waals surface area contributed by atoms with Gasteiger partial charge in [0.05, 0.1) is 26.4 Å². The van der Waals surface area contributed by atoms with Crippen molar-refractivity contribution < 1.29 is 80.2 Å². The van der Waals surface area contributed by atoms with Crippen molar-refractivity contribution in [2.45, 2.75) is 369 Å². The Morgan fingerprint density at radius 2 is 0.533 bits per heavy atom. The third-order valence-electron chi connectivity index (χ3n) is 16.7. The Hall–Kier alpha value is -1.94. The fraction of sp³-hybridized carbons (Fsp3) is 0.944. The molecule has 17 nitrogen and oxygen atoms in total. The molecule has 0 radical (unpaired) electrons. The topological polar surface area (TPSA) is 237 Å². The van der Waals surface area contributed by atoms with Crippen LogP contribution in [0.15, 0.2) is 0 Å². The van der Waals surface area contributed by atoms with Crippen LogP contribution in [0.25, 0.3) is 0 Å². The summed E-state index contributed by atoms with van der Waals surface area (Å²) in [5.74, 6) is 0.889. The summed E-state index contributed by atoms with van der Waals surface area (Å²) >= 11 is 0. The van der Waals surface area contributed by atoms with Gasteiger partial charge in [-0.15, -0.1) is 0 Å². The van der Waals surface area contributed by atoms with E-state index in [1.807, 2.05) is 0 Å². The average molecular weight is 1330 g/mol. The quantitative estimate of drug-likeness (QED) is 0.0222. The predicted molar refractivity (Wildman–Crippen MR) is 363 cm³/mol. The molecule has 6 atom stereocenters. The number of esters is 4. The number of aliphatic hydroxyl groups is 1. The summed E-state index contributed by atoms with van der Waals surface area (Å²) in [6, 6.07) is 0. The molecule has 3 N–H and O–H groups in total. The number of ether oxygens (including phenoxy) is 4. The van der Waals surface area contributed by atoms with Crippen LogP contribution in [0.3, 0.4) is 0 Å². The second kappa shape index (κ2) is 60.7. The van der Waals surface area contributed by atoms with Crippen molar-refractivity contribution in [3.05, 3.63) is 0 Å². The van der Waals surface area contributed by atoms with Crippen molar-refractivity contribution >= 4 is 39.5 Å². The fourth-order valence-electron chi connectivity index (χ4n) is 10.6. The van der Waals surface area contributed by atoms with E-state index >= 15 is 0 Å². The third kappa shape index (κ3) is 63.5. The molecule has 0 amide bonds. The number of unbranched alkanes of at least 4 members (excludes halogenated alkanes) is 33. The van der Waals surface area contributed by atoms with Gasteiger partial charge in [0, 0.05) is 25.7 Å². The summed E-state index contributed by atoms with van der Waals surface area (Å²) in [5, 5.41) is 10.6. The summed E-state index contributed by atoms with van der Waals surface area (Å²) in [6.07, 6.45) is 43.0. The van der Waals surface area contributed by atoms with Crippen LogP contribution in [-0.4, -0.2) is 96.7 Å². The highest BCUT2D eigenvalue weighted by Crippen LogP contribution is 2.45. The zero-order valence-electron chi connectivity index (χ0n) is 58.8. The molecule has 0 saturated heterocycles. The second-order valence-electron chi connectivity index (χ2n) is 27.3. The van der Waals surface area contributed by atoms with Crippen molar-refractivity contribution in [3.63, 3.8) is 0 Å². The van der Waals surface area contributed by atoms with Crippen molar-refractivity contribution in [1.29, 1.82) is 0 Å². The van der Waals surface area contributed by atoms with Crippen molar-refractivity contribution in [2.24, 2.45) is 23.7 Å². The highest BCUT2D eigenvalue weighted by Gasteiger charge is 2.30. The molecule has 0 aliphatic carbocycles. The van der Waals surface area contributed by atoms with E-state index in [-0.39, 0.29) is 25.7 Å². The lowest BCUT2D eigenvalue weighted by Crippen LogP contribution is -2.30. The number of rotatable bonds is 68. The summed E-state index contributed by atoms with van der Waals surface area (Å²) in [5.41, 5.74) is 0. The molecule has 0 rings (SSSR count). The van der Waals surface area contributed by atoms with Gasteiger partial charge in [0.25, 0.3) is 0 Å². The lowest BCUT2D eigenvalue weighted by Gasteiger charge is -2.21. The molecule has 0 aromatic rings. The molecule has 0 spiro atoms. The largest absolute Gasteiger partial charge is 0.472 e. The van der Waals surface area contributed by atoms with Gasteiger partial charge in [0.1, 0.15) is 19.3 Å². The van der Waals surface area contributed by atoms with Gasteiger partial charge in [-0.05, 0) is 49.4 Å². The number of phosphoric acid groups is 2. The minimum atomic E-state index is -4.95. The van der Waals surface area contributed by atoms with Crippen LogP contribution < -0.4 is 0 Å². The van der Waals surface area contributed by atoms with Crippen LogP contribution in [0.5, 0.6) is 0 Å².